The molecule has 4 fully saturated rings. The smallest absolute Gasteiger partial charge is 0.355 e. The Balaban J connectivity index is 1.00. The van der Waals surface area contributed by atoms with E-state index in [0.29, 0.717) is 29.6 Å². The fourth-order valence-electron chi connectivity index (χ4n) is 11.1. The number of rotatable bonds is 15. The number of carbonyl (C=O) groups is 1. The Hall–Kier alpha value is -4.50. The topological polar surface area (TPSA) is 155 Å². The fourth-order valence-corrected chi connectivity index (χ4v) is 12.0. The minimum Gasteiger partial charge on any atom is -0.476 e. The minimum absolute atomic E-state index is 0.0359. The predicted octanol–water partition coefficient (Wildman–Crippen LogP) is 7.62. The molecule has 56 heavy (non-hydrogen) atoms. The highest BCUT2D eigenvalue weighted by molar-refractivity contribution is 7.22. The van der Waals surface area contributed by atoms with Crippen LogP contribution in [0.2, 0.25) is 0 Å². The molecule has 4 saturated carbocycles. The maximum absolute atomic E-state index is 12.8. The van der Waals surface area contributed by atoms with E-state index in [1.165, 1.54) is 6.42 Å². The van der Waals surface area contributed by atoms with Crippen LogP contribution >= 0.6 is 11.3 Å². The number of nitrogens with zero attached hydrogens (tertiary/aromatic N) is 8. The number of aliphatic hydroxyl groups is 1. The van der Waals surface area contributed by atoms with Crippen molar-refractivity contribution in [3.63, 3.8) is 0 Å². The molecular formula is C42H53N9O4S. The van der Waals surface area contributed by atoms with Gasteiger partial charge < -0.3 is 30.1 Å². The van der Waals surface area contributed by atoms with Crippen molar-refractivity contribution in [1.29, 1.82) is 0 Å². The van der Waals surface area contributed by atoms with Crippen molar-refractivity contribution >= 4 is 50.1 Å². The van der Waals surface area contributed by atoms with Crippen molar-refractivity contribution in [3.05, 3.63) is 65.6 Å². The van der Waals surface area contributed by atoms with E-state index in [9.17, 15) is 15.0 Å². The van der Waals surface area contributed by atoms with Gasteiger partial charge in [0.15, 0.2) is 22.5 Å². The van der Waals surface area contributed by atoms with Crippen LogP contribution in [0.1, 0.15) is 80.5 Å². The summed E-state index contributed by atoms with van der Waals surface area (Å²) in [7, 11) is 3.90. The Labute approximate surface area is 332 Å². The maximum Gasteiger partial charge on any atom is 0.355 e. The first kappa shape index (κ1) is 38.4. The number of fused-ring (bicyclic) bond motifs is 1. The number of hydrogen-bond acceptors (Lipinski definition) is 12. The lowest BCUT2D eigenvalue weighted by Gasteiger charge is -2.69. The summed E-state index contributed by atoms with van der Waals surface area (Å²) in [6.07, 6.45) is 9.24. The van der Waals surface area contributed by atoms with Crippen molar-refractivity contribution in [2.24, 2.45) is 16.2 Å². The van der Waals surface area contributed by atoms with Crippen LogP contribution in [-0.4, -0.2) is 97.0 Å². The van der Waals surface area contributed by atoms with Crippen LogP contribution in [-0.2, 0) is 11.3 Å². The van der Waals surface area contributed by atoms with Gasteiger partial charge in [0.1, 0.15) is 5.82 Å². The molecular weight excluding hydrogens is 727 g/mol. The summed E-state index contributed by atoms with van der Waals surface area (Å²) in [5.41, 5.74) is 4.26. The van der Waals surface area contributed by atoms with E-state index in [-0.39, 0.29) is 34.1 Å². The van der Waals surface area contributed by atoms with E-state index in [0.717, 1.165) is 90.3 Å². The molecule has 2 atom stereocenters. The van der Waals surface area contributed by atoms with Gasteiger partial charge in [-0.1, -0.05) is 37.3 Å². The number of hydrogen-bond donors (Lipinski definition) is 3. The van der Waals surface area contributed by atoms with Crippen molar-refractivity contribution in [2.75, 3.05) is 50.6 Å². The number of likely N-dealkylation sites (N-methyl/N-ethyl adjacent to an activating group) is 1. The molecule has 4 bridgehead atoms. The molecule has 13 nitrogen and oxygen atoms in total. The van der Waals surface area contributed by atoms with E-state index in [1.54, 1.807) is 29.5 Å². The van der Waals surface area contributed by atoms with Crippen LogP contribution in [0.5, 0.6) is 0 Å². The molecule has 0 spiro atoms. The summed E-state index contributed by atoms with van der Waals surface area (Å²) >= 11 is 1.55. The van der Waals surface area contributed by atoms with Crippen LogP contribution in [0.3, 0.4) is 0 Å². The third-order valence-electron chi connectivity index (χ3n) is 12.4. The molecule has 9 rings (SSSR count). The number of benzene rings is 1. The first-order valence-corrected chi connectivity index (χ1v) is 20.4. The second-order valence-electron chi connectivity index (χ2n) is 17.7. The highest BCUT2D eigenvalue weighted by Crippen LogP contribution is 2.72. The Bertz CT molecular complexity index is 2220. The second kappa shape index (κ2) is 14.5. The van der Waals surface area contributed by atoms with E-state index >= 15 is 0 Å². The summed E-state index contributed by atoms with van der Waals surface area (Å²) < 4.78 is 10.1. The van der Waals surface area contributed by atoms with Gasteiger partial charge in [-0.15, -0.1) is 10.2 Å². The number of para-hydroxylation sites is 1. The molecule has 1 aromatic carbocycles. The Morgan fingerprint density at radius 1 is 0.946 bits per heavy atom. The van der Waals surface area contributed by atoms with Gasteiger partial charge in [-0.2, -0.15) is 5.10 Å². The Morgan fingerprint density at radius 2 is 1.71 bits per heavy atom. The molecule has 0 saturated heterocycles. The number of nitrogens with one attached hydrogen (secondary N) is 1. The number of ether oxygens (including phenoxy) is 1. The van der Waals surface area contributed by atoms with Crippen LogP contribution in [0.4, 0.5) is 22.6 Å². The van der Waals surface area contributed by atoms with Crippen LogP contribution < -0.4 is 10.2 Å². The highest BCUT2D eigenvalue weighted by Gasteiger charge is 2.66. The standard InChI is InChI=1S/C42H53N9O4S/c1-27-18-34(47-48-36(27)46-38-44-31-10-7-8-11-32(31)56-38)50(6)33-13-12-29(35(45-33)37(53)54)30-19-43-51(28(30)2)26-41-21-39(3)20-40(4,22-41)24-42(23-39,25-41)55-17-15-49(5)14-9-16-52/h7-8,10-13,18-19,52H,9,14-17,20-26H2,1-6H3,(H,53,54)(H,44,46,48). The lowest BCUT2D eigenvalue weighted by atomic mass is 9.39. The summed E-state index contributed by atoms with van der Waals surface area (Å²) in [4.78, 5) is 26.0. The fraction of sp³-hybridized carbons (Fsp3) is 0.524. The normalized spacial score (nSPS) is 25.4. The number of aromatic carboxylic acids is 1. The predicted molar refractivity (Wildman–Crippen MR) is 219 cm³/mol. The molecule has 0 amide bonds. The first-order chi connectivity index (χ1) is 26.7. The van der Waals surface area contributed by atoms with E-state index in [2.05, 4.69) is 56.0 Å². The van der Waals surface area contributed by atoms with Crippen molar-refractivity contribution < 1.29 is 19.7 Å². The summed E-state index contributed by atoms with van der Waals surface area (Å²) in [5, 5.41) is 37.5. The third-order valence-corrected chi connectivity index (χ3v) is 13.3. The van der Waals surface area contributed by atoms with E-state index in [1.807, 2.05) is 56.3 Å². The summed E-state index contributed by atoms with van der Waals surface area (Å²) in [6.45, 7) is 12.3. The average molecular weight is 780 g/mol. The number of carboxylic acid groups (broad SMARTS) is 1. The molecule has 2 unspecified atom stereocenters. The highest BCUT2D eigenvalue weighted by atomic mass is 32.1. The number of aromatic nitrogens is 6. The van der Waals surface area contributed by atoms with Crippen LogP contribution in [0.15, 0.2) is 48.7 Å². The summed E-state index contributed by atoms with van der Waals surface area (Å²) in [5.74, 6) is 0.465. The number of aliphatic hydroxyl groups excluding tert-OH is 1. The van der Waals surface area contributed by atoms with Crippen molar-refractivity contribution in [3.8, 4) is 11.1 Å². The average Bonchev–Trinajstić information content (AvgIpc) is 3.71. The quantitative estimate of drug-likeness (QED) is 0.0958. The summed E-state index contributed by atoms with van der Waals surface area (Å²) in [6, 6.07) is 13.5. The molecule has 4 aliphatic rings. The molecule has 14 heteroatoms. The van der Waals surface area contributed by atoms with Gasteiger partial charge in [-0.3, -0.25) is 4.68 Å². The van der Waals surface area contributed by atoms with E-state index < -0.39 is 5.97 Å². The van der Waals surface area contributed by atoms with Gasteiger partial charge in [0.25, 0.3) is 0 Å². The van der Waals surface area contributed by atoms with Gasteiger partial charge in [0, 0.05) is 50.1 Å². The van der Waals surface area contributed by atoms with E-state index in [4.69, 9.17) is 9.84 Å². The third kappa shape index (κ3) is 7.39. The van der Waals surface area contributed by atoms with Gasteiger partial charge in [0.2, 0.25) is 0 Å². The van der Waals surface area contributed by atoms with Gasteiger partial charge in [-0.25, -0.2) is 14.8 Å². The van der Waals surface area contributed by atoms with Crippen LogP contribution in [0, 0.1) is 30.1 Å². The first-order valence-electron chi connectivity index (χ1n) is 19.6. The molecule has 4 aromatic heterocycles. The number of thiazole rings is 1. The van der Waals surface area contributed by atoms with Gasteiger partial charge in [-0.05, 0) is 118 Å². The number of aryl methyl sites for hydroxylation is 1. The molecule has 0 aliphatic heterocycles. The second-order valence-corrected chi connectivity index (χ2v) is 18.7. The number of anilines is 4. The number of carboxylic acids is 1. The molecule has 3 N–H and O–H groups in total. The SMILES string of the molecule is Cc1cc(N(C)c2ccc(-c3cnn(CC45CC6(C)CC(C)(C4)CC(OCCN(C)CCCO)(C6)C5)c3C)c(C(=O)O)n2)nnc1Nc1nc2ccccc2s1. The maximum atomic E-state index is 12.8. The lowest BCUT2D eigenvalue weighted by molar-refractivity contribution is -0.248. The van der Waals surface area contributed by atoms with Crippen molar-refractivity contribution in [2.45, 2.75) is 84.8 Å². The molecule has 4 heterocycles. The lowest BCUT2D eigenvalue weighted by Crippen LogP contribution is -2.64. The number of pyridine rings is 1. The molecule has 5 aromatic rings. The molecule has 0 radical (unpaired) electrons. The largest absolute Gasteiger partial charge is 0.476 e. The van der Waals surface area contributed by atoms with Crippen molar-refractivity contribution in [1.82, 2.24) is 34.8 Å². The monoisotopic (exact) mass is 779 g/mol. The Morgan fingerprint density at radius 3 is 2.43 bits per heavy atom. The van der Waals surface area contributed by atoms with Gasteiger partial charge in [0.05, 0.1) is 28.6 Å². The van der Waals surface area contributed by atoms with Gasteiger partial charge >= 0.3 is 5.97 Å². The Kier molecular flexibility index (Phi) is 9.91. The minimum atomic E-state index is -1.11. The zero-order valence-corrected chi connectivity index (χ0v) is 34.1. The molecule has 4 aliphatic carbocycles. The molecule has 296 valence electrons. The zero-order chi connectivity index (χ0) is 39.5. The zero-order valence-electron chi connectivity index (χ0n) is 33.3. The van der Waals surface area contributed by atoms with Crippen LogP contribution in [0.25, 0.3) is 21.3 Å².